The zero-order valence-electron chi connectivity index (χ0n) is 19.0. The third-order valence-electron chi connectivity index (χ3n) is 6.46. The summed E-state index contributed by atoms with van der Waals surface area (Å²) >= 11 is 0. The fourth-order valence-corrected chi connectivity index (χ4v) is 5.79. The number of rotatable bonds is 6. The molecule has 0 amide bonds. The van der Waals surface area contributed by atoms with Gasteiger partial charge in [-0.2, -0.15) is 4.31 Å². The molecule has 4 rings (SSSR count). The Kier molecular flexibility index (Phi) is 7.29. The molecule has 0 radical (unpaired) electrons. The van der Waals surface area contributed by atoms with Gasteiger partial charge in [0, 0.05) is 45.0 Å². The number of carbonyl (C=O) groups excluding carboxylic acids is 1. The van der Waals surface area contributed by atoms with Crippen LogP contribution in [-0.4, -0.2) is 81.4 Å². The Balaban J connectivity index is 1.44. The second-order valence-corrected chi connectivity index (χ2v) is 10.6. The van der Waals surface area contributed by atoms with E-state index in [-0.39, 0.29) is 17.2 Å². The molecule has 2 aliphatic rings. The minimum atomic E-state index is -3.65. The van der Waals surface area contributed by atoms with E-state index in [1.165, 1.54) is 9.99 Å². The Morgan fingerprint density at radius 2 is 1.48 bits per heavy atom. The molecule has 1 N–H and O–H groups in total. The van der Waals surface area contributed by atoms with Crippen LogP contribution in [0.4, 0.5) is 5.69 Å². The van der Waals surface area contributed by atoms with Crippen LogP contribution in [0.5, 0.6) is 0 Å². The summed E-state index contributed by atoms with van der Waals surface area (Å²) in [5, 5.41) is 9.07. The van der Waals surface area contributed by atoms with E-state index < -0.39 is 16.6 Å². The van der Waals surface area contributed by atoms with E-state index >= 15 is 0 Å². The number of aliphatic hydroxyl groups is 1. The second-order valence-electron chi connectivity index (χ2n) is 8.61. The van der Waals surface area contributed by atoms with Crippen LogP contribution in [0.15, 0.2) is 65.1 Å². The van der Waals surface area contributed by atoms with Crippen molar-refractivity contribution in [2.75, 3.05) is 57.8 Å². The van der Waals surface area contributed by atoms with Gasteiger partial charge in [0.05, 0.1) is 4.90 Å². The Morgan fingerprint density at radius 3 is 2.09 bits per heavy atom. The minimum absolute atomic E-state index is 0.232. The first kappa shape index (κ1) is 23.6. The summed E-state index contributed by atoms with van der Waals surface area (Å²) in [6, 6.07) is 15.4. The lowest BCUT2D eigenvalue weighted by atomic mass is 10.1. The summed E-state index contributed by atoms with van der Waals surface area (Å²) in [4.78, 5) is 16.7. The van der Waals surface area contributed by atoms with Crippen LogP contribution in [0.25, 0.3) is 11.1 Å². The van der Waals surface area contributed by atoms with Crippen LogP contribution in [0.2, 0.25) is 0 Å². The smallest absolute Gasteiger partial charge is 0.243 e. The molecule has 0 spiro atoms. The molecule has 0 unspecified atom stereocenters. The molecular weight excluding hydrogens is 438 g/mol. The van der Waals surface area contributed by atoms with E-state index in [0.717, 1.165) is 37.3 Å². The van der Waals surface area contributed by atoms with Gasteiger partial charge in [0.15, 0.2) is 5.78 Å². The third kappa shape index (κ3) is 5.35. The van der Waals surface area contributed by atoms with Crippen molar-refractivity contribution in [3.05, 3.63) is 60.2 Å². The van der Waals surface area contributed by atoms with Gasteiger partial charge in [-0.3, -0.25) is 4.79 Å². The first-order valence-electron chi connectivity index (χ1n) is 11.4. The maximum Gasteiger partial charge on any atom is 0.243 e. The zero-order chi connectivity index (χ0) is 23.4. The van der Waals surface area contributed by atoms with Crippen molar-refractivity contribution >= 4 is 21.5 Å². The summed E-state index contributed by atoms with van der Waals surface area (Å²) in [6.45, 7) is 4.16. The van der Waals surface area contributed by atoms with Crippen molar-refractivity contribution in [3.8, 4) is 11.1 Å². The molecule has 0 aliphatic carbocycles. The van der Waals surface area contributed by atoms with E-state index in [1.807, 2.05) is 12.1 Å². The molecule has 2 heterocycles. The van der Waals surface area contributed by atoms with Crippen LogP contribution in [0.3, 0.4) is 0 Å². The molecule has 0 aromatic heterocycles. The quantitative estimate of drug-likeness (QED) is 0.700. The molecule has 2 aliphatic heterocycles. The lowest BCUT2D eigenvalue weighted by molar-refractivity contribution is -0.118. The maximum atomic E-state index is 13.1. The van der Waals surface area contributed by atoms with Crippen molar-refractivity contribution in [3.63, 3.8) is 0 Å². The molecule has 176 valence electrons. The number of Topliss-reactive ketones (excluding diaryl/α,β-unsaturated/α-hetero) is 1. The lowest BCUT2D eigenvalue weighted by Crippen LogP contribution is -2.44. The number of anilines is 1. The van der Waals surface area contributed by atoms with Gasteiger partial charge >= 0.3 is 0 Å². The van der Waals surface area contributed by atoms with Gasteiger partial charge in [-0.15, -0.1) is 0 Å². The molecule has 1 fully saturated rings. The van der Waals surface area contributed by atoms with Gasteiger partial charge in [-0.05, 0) is 60.9 Å². The molecule has 0 atom stereocenters. The Labute approximate surface area is 196 Å². The number of hydrogen-bond donors (Lipinski definition) is 1. The number of likely N-dealkylation sites (N-methyl/N-ethyl adjacent to an activating group) is 1. The highest BCUT2D eigenvalue weighted by Crippen LogP contribution is 2.27. The van der Waals surface area contributed by atoms with Crippen molar-refractivity contribution in [1.82, 2.24) is 9.21 Å². The van der Waals surface area contributed by atoms with Crippen molar-refractivity contribution < 1.29 is 18.3 Å². The first-order chi connectivity index (χ1) is 15.9. The summed E-state index contributed by atoms with van der Waals surface area (Å²) in [7, 11) is -1.51. The number of piperazine rings is 1. The Bertz CT molecular complexity index is 1100. The van der Waals surface area contributed by atoms with Gasteiger partial charge in [-0.1, -0.05) is 30.3 Å². The number of hydrogen-bond acceptors (Lipinski definition) is 6. The zero-order valence-corrected chi connectivity index (χ0v) is 19.8. The van der Waals surface area contributed by atoms with Gasteiger partial charge in [0.25, 0.3) is 0 Å². The average Bonchev–Trinajstić information content (AvgIpc) is 3.11. The molecule has 33 heavy (non-hydrogen) atoms. The highest BCUT2D eigenvalue weighted by molar-refractivity contribution is 7.89. The number of benzene rings is 2. The van der Waals surface area contributed by atoms with Gasteiger partial charge in [0.1, 0.15) is 6.61 Å². The van der Waals surface area contributed by atoms with Crippen molar-refractivity contribution in [2.45, 2.75) is 17.7 Å². The molecular formula is C25H31N3O4S. The number of sulfonamides is 1. The lowest BCUT2D eigenvalue weighted by Gasteiger charge is -2.34. The first-order valence-corrected chi connectivity index (χ1v) is 12.8. The summed E-state index contributed by atoms with van der Waals surface area (Å²) < 4.78 is 27.7. The van der Waals surface area contributed by atoms with E-state index in [0.29, 0.717) is 25.0 Å². The SMILES string of the molecule is CN1CCN(c2ccc(-c3ccc(S(=O)(=O)N4CCC=C(C(=O)CO)CC4)cc3)cc2)CC1. The maximum absolute atomic E-state index is 13.1. The molecule has 0 saturated carbocycles. The monoisotopic (exact) mass is 469 g/mol. The predicted molar refractivity (Wildman–Crippen MR) is 130 cm³/mol. The largest absolute Gasteiger partial charge is 0.388 e. The van der Waals surface area contributed by atoms with Crippen LogP contribution >= 0.6 is 0 Å². The number of nitrogens with zero attached hydrogens (tertiary/aromatic N) is 3. The molecule has 2 aromatic carbocycles. The van der Waals surface area contributed by atoms with E-state index in [2.05, 4.69) is 41.1 Å². The van der Waals surface area contributed by atoms with E-state index in [1.54, 1.807) is 18.2 Å². The molecule has 7 nitrogen and oxygen atoms in total. The number of carbonyl (C=O) groups is 1. The van der Waals surface area contributed by atoms with Crippen LogP contribution in [0.1, 0.15) is 12.8 Å². The van der Waals surface area contributed by atoms with Crippen molar-refractivity contribution in [2.24, 2.45) is 0 Å². The van der Waals surface area contributed by atoms with Crippen LogP contribution in [-0.2, 0) is 14.8 Å². The highest BCUT2D eigenvalue weighted by Gasteiger charge is 2.26. The minimum Gasteiger partial charge on any atom is -0.388 e. The fraction of sp³-hybridized carbons (Fsp3) is 0.400. The van der Waals surface area contributed by atoms with Gasteiger partial charge < -0.3 is 14.9 Å². The van der Waals surface area contributed by atoms with Gasteiger partial charge in [0.2, 0.25) is 10.0 Å². The number of ketones is 1. The molecule has 2 aromatic rings. The normalized spacial score (nSPS) is 18.6. The third-order valence-corrected chi connectivity index (χ3v) is 8.38. The number of aliphatic hydroxyl groups excluding tert-OH is 1. The van der Waals surface area contributed by atoms with Crippen LogP contribution in [0, 0.1) is 0 Å². The standard InChI is InChI=1S/C25H31N3O4S/c1-26-15-17-27(18-16-26)23-8-4-20(5-9-23)21-6-10-24(11-7-21)33(31,32)28-13-2-3-22(12-14-28)25(30)19-29/h3-11,29H,2,12-19H2,1H3. The predicted octanol–water partition coefficient (Wildman–Crippen LogP) is 2.38. The van der Waals surface area contributed by atoms with Crippen molar-refractivity contribution in [1.29, 1.82) is 0 Å². The second kappa shape index (κ2) is 10.2. The highest BCUT2D eigenvalue weighted by atomic mass is 32.2. The molecule has 0 bridgehead atoms. The Morgan fingerprint density at radius 1 is 0.879 bits per heavy atom. The van der Waals surface area contributed by atoms with Crippen LogP contribution < -0.4 is 4.90 Å². The molecule has 8 heteroatoms. The summed E-state index contributed by atoms with van der Waals surface area (Å²) in [6.07, 6.45) is 2.51. The van der Waals surface area contributed by atoms with E-state index in [9.17, 15) is 13.2 Å². The Hall–Kier alpha value is -2.52. The summed E-state index contributed by atoms with van der Waals surface area (Å²) in [5.74, 6) is -0.336. The van der Waals surface area contributed by atoms with Gasteiger partial charge in [-0.25, -0.2) is 8.42 Å². The summed E-state index contributed by atoms with van der Waals surface area (Å²) in [5.41, 5.74) is 3.72. The fourth-order valence-electron chi connectivity index (χ4n) is 4.33. The topological polar surface area (TPSA) is 81.2 Å². The average molecular weight is 470 g/mol. The molecule has 1 saturated heterocycles. The van der Waals surface area contributed by atoms with E-state index in [4.69, 9.17) is 5.11 Å².